The van der Waals surface area contributed by atoms with Gasteiger partial charge in [-0.1, -0.05) is 12.1 Å². The van der Waals surface area contributed by atoms with E-state index in [9.17, 15) is 4.39 Å². The Morgan fingerprint density at radius 3 is 2.75 bits per heavy atom. The van der Waals surface area contributed by atoms with Gasteiger partial charge in [0.25, 0.3) is 0 Å². The Morgan fingerprint density at radius 1 is 1.31 bits per heavy atom. The van der Waals surface area contributed by atoms with E-state index in [1.54, 1.807) is 25.3 Å². The lowest BCUT2D eigenvalue weighted by molar-refractivity contribution is 0.624. The molecule has 4 nitrogen and oxygen atoms in total. The van der Waals surface area contributed by atoms with Crippen LogP contribution in [0, 0.1) is 12.7 Å². The molecule has 5 heteroatoms. The first kappa shape index (κ1) is 10.5. The summed E-state index contributed by atoms with van der Waals surface area (Å²) < 4.78 is 15.0. The molecule has 0 radical (unpaired) electrons. The summed E-state index contributed by atoms with van der Waals surface area (Å²) in [5.74, 6) is 0.339. The molecule has 2 aromatic rings. The number of hydrogen-bond donors (Lipinski definition) is 0. The minimum atomic E-state index is -0.244. The van der Waals surface area contributed by atoms with Crippen molar-refractivity contribution in [2.45, 2.75) is 6.92 Å². The number of tetrazole rings is 1. The maximum absolute atomic E-state index is 13.5. The molecule has 1 heterocycles. The van der Waals surface area contributed by atoms with Gasteiger partial charge in [-0.2, -0.15) is 0 Å². The number of nitrogens with zero attached hydrogens (tertiary/aromatic N) is 4. The zero-order valence-corrected chi connectivity index (χ0v) is 9.05. The summed E-state index contributed by atoms with van der Waals surface area (Å²) in [6.45, 7) is 1.85. The molecule has 82 valence electrons. The summed E-state index contributed by atoms with van der Waals surface area (Å²) in [6.07, 6.45) is 3.33. The molecular formula is C11H11FN4. The predicted molar refractivity (Wildman–Crippen MR) is 58.9 cm³/mol. The van der Waals surface area contributed by atoms with Crippen molar-refractivity contribution in [3.63, 3.8) is 0 Å². The summed E-state index contributed by atoms with van der Waals surface area (Å²) in [5, 5.41) is 10.9. The van der Waals surface area contributed by atoms with Crippen LogP contribution in [0.4, 0.5) is 4.39 Å². The molecule has 0 spiro atoms. The Morgan fingerprint density at radius 2 is 2.12 bits per heavy atom. The van der Waals surface area contributed by atoms with Crippen LogP contribution in [0.5, 0.6) is 0 Å². The van der Waals surface area contributed by atoms with Crippen molar-refractivity contribution in [3.05, 3.63) is 41.0 Å². The maximum atomic E-state index is 13.5. The smallest absolute Gasteiger partial charge is 0.174 e. The van der Waals surface area contributed by atoms with Crippen molar-refractivity contribution < 1.29 is 4.39 Å². The number of benzene rings is 1. The van der Waals surface area contributed by atoms with Crippen molar-refractivity contribution in [1.82, 2.24) is 20.2 Å². The highest BCUT2D eigenvalue weighted by atomic mass is 19.1. The molecule has 2 rings (SSSR count). The molecule has 16 heavy (non-hydrogen) atoms. The molecule has 0 atom stereocenters. The third-order valence-electron chi connectivity index (χ3n) is 2.22. The van der Waals surface area contributed by atoms with Crippen LogP contribution in [0.1, 0.15) is 17.0 Å². The van der Waals surface area contributed by atoms with Crippen molar-refractivity contribution in [1.29, 1.82) is 0 Å². The lowest BCUT2D eigenvalue weighted by Gasteiger charge is -1.97. The van der Waals surface area contributed by atoms with E-state index in [2.05, 4.69) is 15.5 Å². The third kappa shape index (κ3) is 2.13. The Hall–Kier alpha value is -2.04. The van der Waals surface area contributed by atoms with E-state index < -0.39 is 0 Å². The van der Waals surface area contributed by atoms with Crippen LogP contribution in [0.2, 0.25) is 0 Å². The Balaban J connectivity index is 2.27. The lowest BCUT2D eigenvalue weighted by Crippen LogP contribution is -1.93. The first-order chi connectivity index (χ1) is 7.66. The fourth-order valence-corrected chi connectivity index (χ4v) is 1.31. The van der Waals surface area contributed by atoms with Gasteiger partial charge in [-0.15, -0.1) is 5.10 Å². The minimum absolute atomic E-state index is 0.244. The second-order valence-electron chi connectivity index (χ2n) is 3.52. The van der Waals surface area contributed by atoms with Crippen molar-refractivity contribution in [3.8, 4) is 0 Å². The maximum Gasteiger partial charge on any atom is 0.174 e. The monoisotopic (exact) mass is 218 g/mol. The lowest BCUT2D eigenvalue weighted by atomic mass is 10.1. The largest absolute Gasteiger partial charge is 0.229 e. The van der Waals surface area contributed by atoms with Crippen LogP contribution in [0.3, 0.4) is 0 Å². The molecule has 0 saturated carbocycles. The average Bonchev–Trinajstić information content (AvgIpc) is 2.63. The Labute approximate surface area is 92.4 Å². The van der Waals surface area contributed by atoms with Gasteiger partial charge in [-0.25, -0.2) is 9.07 Å². The molecule has 0 fully saturated rings. The molecule has 0 N–H and O–H groups in total. The molecule has 1 aromatic carbocycles. The average molecular weight is 218 g/mol. The van der Waals surface area contributed by atoms with E-state index >= 15 is 0 Å². The SMILES string of the molecule is Cc1ccc(/C=C/c2nnnn2C)c(F)c1. The van der Waals surface area contributed by atoms with Gasteiger partial charge >= 0.3 is 0 Å². The number of aryl methyl sites for hydroxylation is 2. The molecule has 0 amide bonds. The highest BCUT2D eigenvalue weighted by molar-refractivity contribution is 5.66. The molecule has 1 aromatic heterocycles. The second-order valence-corrected chi connectivity index (χ2v) is 3.52. The van der Waals surface area contributed by atoms with E-state index in [0.717, 1.165) is 5.56 Å². The van der Waals surface area contributed by atoms with Crippen LogP contribution in [-0.2, 0) is 7.05 Å². The standard InChI is InChI=1S/C11H11FN4/c1-8-3-4-9(10(12)7-8)5-6-11-13-14-15-16(11)2/h3-7H,1-2H3/b6-5+. The number of hydrogen-bond acceptors (Lipinski definition) is 3. The van der Waals surface area contributed by atoms with Crippen LogP contribution in [-0.4, -0.2) is 20.2 Å². The van der Waals surface area contributed by atoms with Gasteiger partial charge in [0.2, 0.25) is 0 Å². The molecule has 0 saturated heterocycles. The Bertz CT molecular complexity index is 531. The first-order valence-electron chi connectivity index (χ1n) is 4.83. The van der Waals surface area contributed by atoms with Gasteiger partial charge < -0.3 is 0 Å². The summed E-state index contributed by atoms with van der Waals surface area (Å²) in [4.78, 5) is 0. The predicted octanol–water partition coefficient (Wildman–Crippen LogP) is 1.83. The topological polar surface area (TPSA) is 43.6 Å². The van der Waals surface area contributed by atoms with E-state index in [0.29, 0.717) is 11.4 Å². The fraction of sp³-hybridized carbons (Fsp3) is 0.182. The fourth-order valence-electron chi connectivity index (χ4n) is 1.31. The normalized spacial score (nSPS) is 11.2. The van der Waals surface area contributed by atoms with Gasteiger partial charge in [0.15, 0.2) is 5.82 Å². The summed E-state index contributed by atoms with van der Waals surface area (Å²) in [6, 6.07) is 5.08. The van der Waals surface area contributed by atoms with Gasteiger partial charge in [0, 0.05) is 12.6 Å². The van der Waals surface area contributed by atoms with Gasteiger partial charge in [0.1, 0.15) is 5.82 Å². The van der Waals surface area contributed by atoms with Crippen LogP contribution in [0.25, 0.3) is 12.2 Å². The highest BCUT2D eigenvalue weighted by Gasteiger charge is 2.00. The van der Waals surface area contributed by atoms with E-state index in [1.807, 2.05) is 13.0 Å². The third-order valence-corrected chi connectivity index (χ3v) is 2.22. The number of aromatic nitrogens is 4. The molecule has 0 aliphatic rings. The van der Waals surface area contributed by atoms with E-state index in [4.69, 9.17) is 0 Å². The molecule has 0 aliphatic heterocycles. The minimum Gasteiger partial charge on any atom is -0.229 e. The zero-order chi connectivity index (χ0) is 11.5. The summed E-state index contributed by atoms with van der Waals surface area (Å²) >= 11 is 0. The van der Waals surface area contributed by atoms with Crippen LogP contribution < -0.4 is 0 Å². The van der Waals surface area contributed by atoms with Gasteiger partial charge in [-0.05, 0) is 41.1 Å². The highest BCUT2D eigenvalue weighted by Crippen LogP contribution is 2.12. The summed E-state index contributed by atoms with van der Waals surface area (Å²) in [5.41, 5.74) is 1.42. The van der Waals surface area contributed by atoms with Crippen molar-refractivity contribution in [2.24, 2.45) is 7.05 Å². The molecule has 0 bridgehead atoms. The second kappa shape index (κ2) is 4.22. The Kier molecular flexibility index (Phi) is 2.76. The van der Waals surface area contributed by atoms with E-state index in [-0.39, 0.29) is 5.82 Å². The molecule has 0 aliphatic carbocycles. The number of rotatable bonds is 2. The van der Waals surface area contributed by atoms with Crippen molar-refractivity contribution in [2.75, 3.05) is 0 Å². The van der Waals surface area contributed by atoms with Crippen LogP contribution >= 0.6 is 0 Å². The van der Waals surface area contributed by atoms with Gasteiger partial charge in [-0.3, -0.25) is 0 Å². The number of halogens is 1. The molecular weight excluding hydrogens is 207 g/mol. The molecule has 0 unspecified atom stereocenters. The van der Waals surface area contributed by atoms with Crippen molar-refractivity contribution >= 4 is 12.2 Å². The summed E-state index contributed by atoms with van der Waals surface area (Å²) in [7, 11) is 1.73. The van der Waals surface area contributed by atoms with Gasteiger partial charge in [0.05, 0.1) is 0 Å². The van der Waals surface area contributed by atoms with E-state index in [1.165, 1.54) is 10.7 Å². The zero-order valence-electron chi connectivity index (χ0n) is 9.05. The quantitative estimate of drug-likeness (QED) is 0.772. The first-order valence-corrected chi connectivity index (χ1v) is 4.83. The van der Waals surface area contributed by atoms with Crippen LogP contribution in [0.15, 0.2) is 18.2 Å².